The Morgan fingerprint density at radius 2 is 1.78 bits per heavy atom. The van der Waals surface area contributed by atoms with E-state index in [1.165, 1.54) is 5.01 Å². The molecule has 1 aromatic rings. The van der Waals surface area contributed by atoms with E-state index in [-0.39, 0.29) is 36.6 Å². The molecular formula is C26H38N4O6. The molecule has 0 radical (unpaired) electrons. The summed E-state index contributed by atoms with van der Waals surface area (Å²) in [6, 6.07) is 6.66. The van der Waals surface area contributed by atoms with Crippen molar-refractivity contribution < 1.29 is 28.7 Å². The van der Waals surface area contributed by atoms with Crippen LogP contribution in [0.2, 0.25) is 0 Å². The second-order valence-corrected chi connectivity index (χ2v) is 9.67. The standard InChI is InChI=1S/C26H38N4O6/c1-17(2)15-22(32)27-14-12-23(33)30-20(11-8-13-28-30)25(34)29-24(18(3)4)21(31)16-36-26(35)19-9-6-5-7-10-19/h5-7,9-10,17-18,20,24,28H,8,11-16H2,1-4H3,(H,27,32)(H,29,34)/t20-,24+/m0/s1. The normalized spacial score (nSPS) is 16.4. The molecule has 1 fully saturated rings. The summed E-state index contributed by atoms with van der Waals surface area (Å²) < 4.78 is 5.14. The summed E-state index contributed by atoms with van der Waals surface area (Å²) in [5, 5.41) is 6.77. The number of rotatable bonds is 12. The Labute approximate surface area is 212 Å². The number of hydrazine groups is 1. The summed E-state index contributed by atoms with van der Waals surface area (Å²) in [6.45, 7) is 7.68. The first-order valence-electron chi connectivity index (χ1n) is 12.5. The van der Waals surface area contributed by atoms with Gasteiger partial charge in [-0.25, -0.2) is 10.2 Å². The fourth-order valence-electron chi connectivity index (χ4n) is 3.87. The minimum Gasteiger partial charge on any atom is -0.454 e. The third-order valence-corrected chi connectivity index (χ3v) is 5.74. The van der Waals surface area contributed by atoms with Crippen LogP contribution in [0.15, 0.2) is 30.3 Å². The minimum absolute atomic E-state index is 0.0442. The predicted molar refractivity (Wildman–Crippen MR) is 133 cm³/mol. The largest absolute Gasteiger partial charge is 0.454 e. The van der Waals surface area contributed by atoms with Crippen molar-refractivity contribution in [1.82, 2.24) is 21.1 Å². The average molecular weight is 503 g/mol. The first-order chi connectivity index (χ1) is 17.1. The lowest BCUT2D eigenvalue weighted by Gasteiger charge is -2.36. The van der Waals surface area contributed by atoms with Gasteiger partial charge in [0, 0.05) is 25.9 Å². The second-order valence-electron chi connectivity index (χ2n) is 9.67. The maximum Gasteiger partial charge on any atom is 0.338 e. The van der Waals surface area contributed by atoms with Gasteiger partial charge in [0.1, 0.15) is 6.04 Å². The molecule has 0 aromatic heterocycles. The second kappa shape index (κ2) is 14.3. The van der Waals surface area contributed by atoms with E-state index >= 15 is 0 Å². The Kier molecular flexibility index (Phi) is 11.5. The number of nitrogens with one attached hydrogen (secondary N) is 3. The van der Waals surface area contributed by atoms with Gasteiger partial charge >= 0.3 is 5.97 Å². The Balaban J connectivity index is 1.94. The van der Waals surface area contributed by atoms with Crippen molar-refractivity contribution in [2.45, 2.75) is 65.5 Å². The van der Waals surface area contributed by atoms with Crippen LogP contribution in [0.5, 0.6) is 0 Å². The van der Waals surface area contributed by atoms with Gasteiger partial charge < -0.3 is 15.4 Å². The third kappa shape index (κ3) is 9.07. The lowest BCUT2D eigenvalue weighted by molar-refractivity contribution is -0.147. The number of ether oxygens (including phenoxy) is 1. The maximum absolute atomic E-state index is 13.1. The van der Waals surface area contributed by atoms with Gasteiger partial charge in [-0.3, -0.25) is 24.2 Å². The van der Waals surface area contributed by atoms with Crippen LogP contribution in [-0.2, 0) is 23.9 Å². The number of carbonyl (C=O) groups is 5. The van der Waals surface area contributed by atoms with E-state index < -0.39 is 36.4 Å². The lowest BCUT2D eigenvalue weighted by Crippen LogP contribution is -2.61. The van der Waals surface area contributed by atoms with E-state index in [1.54, 1.807) is 44.2 Å². The number of carbonyl (C=O) groups excluding carboxylic acids is 5. The van der Waals surface area contributed by atoms with Crippen LogP contribution >= 0.6 is 0 Å². The number of Topliss-reactive ketones (excluding diaryl/α,β-unsaturated/α-hetero) is 1. The van der Waals surface area contributed by atoms with Gasteiger partial charge in [-0.1, -0.05) is 45.9 Å². The number of benzene rings is 1. The molecule has 1 aromatic carbocycles. The van der Waals surface area contributed by atoms with Crippen LogP contribution in [0, 0.1) is 11.8 Å². The molecule has 3 amide bonds. The summed E-state index contributed by atoms with van der Waals surface area (Å²) in [5.41, 5.74) is 3.30. The van der Waals surface area contributed by atoms with Gasteiger partial charge in [0.15, 0.2) is 12.4 Å². The molecule has 0 spiro atoms. The van der Waals surface area contributed by atoms with E-state index in [0.29, 0.717) is 31.4 Å². The molecule has 1 aliphatic rings. The van der Waals surface area contributed by atoms with Gasteiger partial charge in [-0.2, -0.15) is 0 Å². The third-order valence-electron chi connectivity index (χ3n) is 5.74. The van der Waals surface area contributed by atoms with Gasteiger partial charge in [0.2, 0.25) is 17.7 Å². The Hall–Kier alpha value is -3.27. The Bertz CT molecular complexity index is 918. The lowest BCUT2D eigenvalue weighted by atomic mass is 9.98. The monoisotopic (exact) mass is 502 g/mol. The SMILES string of the molecule is CC(C)CC(=O)NCCC(=O)N1NCCC[C@H]1C(=O)N[C@@H](C(=O)COC(=O)c1ccccc1)C(C)C. The molecule has 0 aliphatic carbocycles. The molecule has 198 valence electrons. The van der Waals surface area contributed by atoms with Crippen LogP contribution in [0.25, 0.3) is 0 Å². The molecule has 0 bridgehead atoms. The maximum atomic E-state index is 13.1. The van der Waals surface area contributed by atoms with Crippen molar-refractivity contribution >= 4 is 29.5 Å². The molecule has 10 heteroatoms. The minimum atomic E-state index is -0.879. The Morgan fingerprint density at radius 1 is 1.08 bits per heavy atom. The van der Waals surface area contributed by atoms with Crippen molar-refractivity contribution in [1.29, 1.82) is 0 Å². The molecule has 0 saturated carbocycles. The van der Waals surface area contributed by atoms with Gasteiger partial charge in [0.25, 0.3) is 0 Å². The van der Waals surface area contributed by atoms with E-state index in [4.69, 9.17) is 4.74 Å². The van der Waals surface area contributed by atoms with Crippen molar-refractivity contribution in [3.05, 3.63) is 35.9 Å². The topological polar surface area (TPSA) is 134 Å². The van der Waals surface area contributed by atoms with Crippen LogP contribution in [0.3, 0.4) is 0 Å². The van der Waals surface area contributed by atoms with E-state index in [1.807, 2.05) is 13.8 Å². The van der Waals surface area contributed by atoms with Crippen LogP contribution < -0.4 is 16.1 Å². The summed E-state index contributed by atoms with van der Waals surface area (Å²) in [5.74, 6) is -1.98. The molecule has 2 rings (SSSR count). The number of amides is 3. The number of hydrogen-bond acceptors (Lipinski definition) is 7. The quantitative estimate of drug-likeness (QED) is 0.370. The fourth-order valence-corrected chi connectivity index (χ4v) is 3.87. The number of esters is 1. The molecule has 10 nitrogen and oxygen atoms in total. The first kappa shape index (κ1) is 29.0. The highest BCUT2D eigenvalue weighted by Crippen LogP contribution is 2.14. The molecule has 2 atom stereocenters. The smallest absolute Gasteiger partial charge is 0.338 e. The first-order valence-corrected chi connectivity index (χ1v) is 12.5. The van der Waals surface area contributed by atoms with Crippen LogP contribution in [0.4, 0.5) is 0 Å². The van der Waals surface area contributed by atoms with Gasteiger partial charge in [-0.05, 0) is 36.8 Å². The van der Waals surface area contributed by atoms with Gasteiger partial charge in [0.05, 0.1) is 11.6 Å². The van der Waals surface area contributed by atoms with E-state index in [2.05, 4.69) is 16.1 Å². The molecule has 1 saturated heterocycles. The van der Waals surface area contributed by atoms with E-state index in [0.717, 1.165) is 0 Å². The molecule has 3 N–H and O–H groups in total. The number of hydrogen-bond donors (Lipinski definition) is 3. The van der Waals surface area contributed by atoms with E-state index in [9.17, 15) is 24.0 Å². The summed E-state index contributed by atoms with van der Waals surface area (Å²) >= 11 is 0. The zero-order chi connectivity index (χ0) is 26.7. The van der Waals surface area contributed by atoms with Gasteiger partial charge in [-0.15, -0.1) is 0 Å². The molecule has 36 heavy (non-hydrogen) atoms. The fraction of sp³-hybridized carbons (Fsp3) is 0.577. The number of nitrogens with zero attached hydrogens (tertiary/aromatic N) is 1. The summed E-state index contributed by atoms with van der Waals surface area (Å²) in [7, 11) is 0. The highest BCUT2D eigenvalue weighted by Gasteiger charge is 2.35. The highest BCUT2D eigenvalue weighted by molar-refractivity contribution is 5.95. The zero-order valence-electron chi connectivity index (χ0n) is 21.5. The molecule has 1 aliphatic heterocycles. The predicted octanol–water partition coefficient (Wildman–Crippen LogP) is 1.60. The average Bonchev–Trinajstić information content (AvgIpc) is 2.85. The molecule has 1 heterocycles. The Morgan fingerprint density at radius 3 is 2.42 bits per heavy atom. The molecule has 0 unspecified atom stereocenters. The van der Waals surface area contributed by atoms with Crippen molar-refractivity contribution in [3.63, 3.8) is 0 Å². The van der Waals surface area contributed by atoms with Crippen molar-refractivity contribution in [2.75, 3.05) is 19.7 Å². The number of ketones is 1. The highest BCUT2D eigenvalue weighted by atomic mass is 16.5. The van der Waals surface area contributed by atoms with Crippen LogP contribution in [-0.4, -0.2) is 66.3 Å². The summed E-state index contributed by atoms with van der Waals surface area (Å²) in [6.07, 6.45) is 1.54. The van der Waals surface area contributed by atoms with Crippen LogP contribution in [0.1, 0.15) is 63.7 Å². The van der Waals surface area contributed by atoms with Crippen molar-refractivity contribution in [3.8, 4) is 0 Å². The summed E-state index contributed by atoms with van der Waals surface area (Å²) in [4.78, 5) is 62.7. The molecular weight excluding hydrogens is 464 g/mol. The zero-order valence-corrected chi connectivity index (χ0v) is 21.5. The van der Waals surface area contributed by atoms with Crippen molar-refractivity contribution in [2.24, 2.45) is 11.8 Å².